The summed E-state index contributed by atoms with van der Waals surface area (Å²) in [6.45, 7) is 2.20. The van der Waals surface area contributed by atoms with Crippen molar-refractivity contribution in [2.75, 3.05) is 5.32 Å². The Morgan fingerprint density at radius 3 is 2.67 bits per heavy atom. The highest BCUT2D eigenvalue weighted by Gasteiger charge is 2.08. The van der Waals surface area contributed by atoms with E-state index in [0.717, 1.165) is 27.7 Å². The van der Waals surface area contributed by atoms with Crippen LogP contribution in [0.15, 0.2) is 49.1 Å². The van der Waals surface area contributed by atoms with E-state index in [1.54, 1.807) is 31.6 Å². The Hall–Kier alpha value is -2.99. The highest BCUT2D eigenvalue weighted by atomic mass is 35.5. The molecule has 4 aromatic rings. The maximum atomic E-state index is 13.6. The van der Waals surface area contributed by atoms with Gasteiger partial charge in [0.15, 0.2) is 0 Å². The third kappa shape index (κ3) is 3.90. The summed E-state index contributed by atoms with van der Waals surface area (Å²) >= 11 is 6.04. The van der Waals surface area contributed by atoms with Gasteiger partial charge in [0.25, 0.3) is 0 Å². The SMILES string of the molecule is Cc1ccc(CNc2ncc(Cc3c[nH]c4ncc(Cl)cc34)cn2)cc1F. The van der Waals surface area contributed by atoms with Crippen molar-refractivity contribution in [1.82, 2.24) is 19.9 Å². The Labute approximate surface area is 160 Å². The molecule has 2 N–H and O–H groups in total. The smallest absolute Gasteiger partial charge is 0.222 e. The number of hydrogen-bond acceptors (Lipinski definition) is 4. The van der Waals surface area contributed by atoms with Gasteiger partial charge in [-0.2, -0.15) is 0 Å². The molecule has 0 saturated carbocycles. The van der Waals surface area contributed by atoms with E-state index in [1.807, 2.05) is 18.3 Å². The Morgan fingerprint density at radius 2 is 1.89 bits per heavy atom. The normalized spacial score (nSPS) is 11.1. The Balaban J connectivity index is 1.44. The number of benzene rings is 1. The number of aromatic nitrogens is 4. The monoisotopic (exact) mass is 381 g/mol. The minimum absolute atomic E-state index is 0.209. The number of pyridine rings is 1. The van der Waals surface area contributed by atoms with Crippen molar-refractivity contribution < 1.29 is 4.39 Å². The molecule has 0 unspecified atom stereocenters. The van der Waals surface area contributed by atoms with Crippen molar-refractivity contribution in [3.05, 3.63) is 82.1 Å². The number of halogens is 2. The van der Waals surface area contributed by atoms with Crippen LogP contribution in [0.1, 0.15) is 22.3 Å². The van der Waals surface area contributed by atoms with Gasteiger partial charge < -0.3 is 10.3 Å². The zero-order chi connectivity index (χ0) is 18.8. The number of hydrogen-bond donors (Lipinski definition) is 2. The summed E-state index contributed by atoms with van der Waals surface area (Å²) in [5, 5.41) is 4.70. The van der Waals surface area contributed by atoms with Crippen molar-refractivity contribution in [2.45, 2.75) is 19.9 Å². The van der Waals surface area contributed by atoms with E-state index in [4.69, 9.17) is 11.6 Å². The summed E-state index contributed by atoms with van der Waals surface area (Å²) in [6.07, 6.45) is 7.77. The molecule has 0 atom stereocenters. The molecule has 0 fully saturated rings. The predicted octanol–water partition coefficient (Wildman–Crippen LogP) is 4.66. The van der Waals surface area contributed by atoms with Crippen LogP contribution in [0.25, 0.3) is 11.0 Å². The van der Waals surface area contributed by atoms with Crippen molar-refractivity contribution in [3.8, 4) is 0 Å². The lowest BCUT2D eigenvalue weighted by molar-refractivity contribution is 0.616. The molecule has 0 aliphatic carbocycles. The quantitative estimate of drug-likeness (QED) is 0.527. The molecule has 0 amide bonds. The van der Waals surface area contributed by atoms with E-state index in [-0.39, 0.29) is 5.82 Å². The highest BCUT2D eigenvalue weighted by molar-refractivity contribution is 6.31. The topological polar surface area (TPSA) is 66.5 Å². The summed E-state index contributed by atoms with van der Waals surface area (Å²) in [5.74, 6) is 0.294. The molecule has 0 bridgehead atoms. The van der Waals surface area contributed by atoms with Crippen molar-refractivity contribution in [2.24, 2.45) is 0 Å². The van der Waals surface area contributed by atoms with Gasteiger partial charge in [-0.15, -0.1) is 0 Å². The van der Waals surface area contributed by atoms with Gasteiger partial charge in [0.05, 0.1) is 5.02 Å². The standard InChI is InChI=1S/C20H17ClFN5/c1-12-2-3-13(5-18(12)22)7-25-20-26-8-14(9-27-20)4-15-10-23-19-17(15)6-16(21)11-24-19/h2-3,5-6,8-11H,4,7H2,1H3,(H,23,24)(H,25,26,27). The molecule has 4 rings (SSSR count). The van der Waals surface area contributed by atoms with Gasteiger partial charge in [-0.1, -0.05) is 23.7 Å². The lowest BCUT2D eigenvalue weighted by Gasteiger charge is -2.07. The third-order valence-electron chi connectivity index (χ3n) is 4.37. The number of anilines is 1. The first kappa shape index (κ1) is 17.4. The van der Waals surface area contributed by atoms with Crippen LogP contribution in [-0.4, -0.2) is 19.9 Å². The van der Waals surface area contributed by atoms with E-state index < -0.39 is 0 Å². The molecule has 0 aliphatic rings. The predicted molar refractivity (Wildman–Crippen MR) is 104 cm³/mol. The van der Waals surface area contributed by atoms with Crippen LogP contribution in [-0.2, 0) is 13.0 Å². The van der Waals surface area contributed by atoms with Crippen LogP contribution in [0, 0.1) is 12.7 Å². The average molecular weight is 382 g/mol. The lowest BCUT2D eigenvalue weighted by atomic mass is 10.1. The number of aryl methyl sites for hydroxylation is 1. The molecular weight excluding hydrogens is 365 g/mol. The first-order valence-electron chi connectivity index (χ1n) is 8.50. The average Bonchev–Trinajstić information content (AvgIpc) is 3.06. The Morgan fingerprint density at radius 1 is 1.07 bits per heavy atom. The second-order valence-electron chi connectivity index (χ2n) is 6.39. The van der Waals surface area contributed by atoms with Gasteiger partial charge in [-0.25, -0.2) is 19.3 Å². The van der Waals surface area contributed by atoms with Crippen molar-refractivity contribution >= 4 is 28.6 Å². The molecule has 3 aromatic heterocycles. The van der Waals surface area contributed by atoms with Crippen molar-refractivity contribution in [3.63, 3.8) is 0 Å². The highest BCUT2D eigenvalue weighted by Crippen LogP contribution is 2.22. The van der Waals surface area contributed by atoms with Crippen LogP contribution >= 0.6 is 11.6 Å². The van der Waals surface area contributed by atoms with E-state index in [2.05, 4.69) is 25.3 Å². The summed E-state index contributed by atoms with van der Waals surface area (Å²) in [4.78, 5) is 16.1. The van der Waals surface area contributed by atoms with Gasteiger partial charge in [0.1, 0.15) is 11.5 Å². The van der Waals surface area contributed by atoms with Crippen LogP contribution in [0.4, 0.5) is 10.3 Å². The van der Waals surface area contributed by atoms with Crippen LogP contribution in [0.5, 0.6) is 0 Å². The molecule has 3 heterocycles. The fourth-order valence-corrected chi connectivity index (χ4v) is 3.02. The molecule has 0 saturated heterocycles. The van der Waals surface area contributed by atoms with E-state index in [1.165, 1.54) is 6.07 Å². The van der Waals surface area contributed by atoms with Gasteiger partial charge in [0.2, 0.25) is 5.95 Å². The lowest BCUT2D eigenvalue weighted by Crippen LogP contribution is -2.04. The maximum absolute atomic E-state index is 13.6. The van der Waals surface area contributed by atoms with E-state index in [0.29, 0.717) is 29.5 Å². The van der Waals surface area contributed by atoms with Gasteiger partial charge in [-0.3, -0.25) is 0 Å². The molecule has 0 aliphatic heterocycles. The number of nitrogens with one attached hydrogen (secondary N) is 2. The molecule has 7 heteroatoms. The molecule has 0 spiro atoms. The molecule has 27 heavy (non-hydrogen) atoms. The maximum Gasteiger partial charge on any atom is 0.222 e. The number of nitrogens with zero attached hydrogens (tertiary/aromatic N) is 3. The second kappa shape index (κ2) is 7.32. The fourth-order valence-electron chi connectivity index (χ4n) is 2.86. The number of rotatable bonds is 5. The third-order valence-corrected chi connectivity index (χ3v) is 4.58. The minimum Gasteiger partial charge on any atom is -0.350 e. The first-order chi connectivity index (χ1) is 13.1. The van der Waals surface area contributed by atoms with Gasteiger partial charge in [0, 0.05) is 43.1 Å². The largest absolute Gasteiger partial charge is 0.350 e. The van der Waals surface area contributed by atoms with Gasteiger partial charge >= 0.3 is 0 Å². The van der Waals surface area contributed by atoms with E-state index >= 15 is 0 Å². The zero-order valence-corrected chi connectivity index (χ0v) is 15.4. The second-order valence-corrected chi connectivity index (χ2v) is 6.83. The van der Waals surface area contributed by atoms with Gasteiger partial charge in [-0.05, 0) is 41.3 Å². The summed E-state index contributed by atoms with van der Waals surface area (Å²) in [5.41, 5.74) is 4.34. The molecule has 0 radical (unpaired) electrons. The van der Waals surface area contributed by atoms with E-state index in [9.17, 15) is 4.39 Å². The summed E-state index contributed by atoms with van der Waals surface area (Å²) in [7, 11) is 0. The Bertz CT molecular complexity index is 1090. The number of aromatic amines is 1. The summed E-state index contributed by atoms with van der Waals surface area (Å²) in [6, 6.07) is 7.06. The molecule has 136 valence electrons. The number of H-pyrrole nitrogens is 1. The molecular formula is C20H17ClFN5. The van der Waals surface area contributed by atoms with Crippen molar-refractivity contribution in [1.29, 1.82) is 0 Å². The first-order valence-corrected chi connectivity index (χ1v) is 8.87. The van der Waals surface area contributed by atoms with Crippen LogP contribution in [0.2, 0.25) is 5.02 Å². The summed E-state index contributed by atoms with van der Waals surface area (Å²) < 4.78 is 13.6. The molecule has 5 nitrogen and oxygen atoms in total. The zero-order valence-electron chi connectivity index (χ0n) is 14.6. The van der Waals surface area contributed by atoms with Crippen LogP contribution in [0.3, 0.4) is 0 Å². The minimum atomic E-state index is -0.209. The number of fused-ring (bicyclic) bond motifs is 1. The van der Waals surface area contributed by atoms with Crippen LogP contribution < -0.4 is 5.32 Å². The Kier molecular flexibility index (Phi) is 4.73. The molecule has 1 aromatic carbocycles. The fraction of sp³-hybridized carbons (Fsp3) is 0.150.